The van der Waals surface area contributed by atoms with Gasteiger partial charge in [0, 0.05) is 147 Å². The molecule has 11 amide bonds. The molecule has 0 aliphatic carbocycles. The molecule has 0 spiro atoms. The quantitative estimate of drug-likeness (QED) is 0.0410. The summed E-state index contributed by atoms with van der Waals surface area (Å²) in [4.78, 5) is 199. The standard InChI is InChI=1S/C86H128N10O21/c1-13-58(8)80(73(112-11)52-78(106)94-35-18-22-69(94)81(113-12)59(9)70(99)49-63(47-60-19-15-14-16-20-60)82(107)88-34-41-114-43-45-116-46-44-115-42-40-97)91(10)84(109)67(56(4)5)51-72(101)79(57(6)7)92-36-38-93(39-37-92)86(111)117-54-62-25-23-61(24-26-62)48-71(100)68(21-17-33-89-85(87)110)90-83(108)66(55(2)3)50-65(98)28-27-64(96-76(104)31-32-77(96)105)53-95-74(102)29-30-75(95)103/h14-16,19-20,23-26,29-32,55-59,63-64,66-69,73,79-81,97H,13,17-18,21-22,27-28,33-54H2,1-12H3,(H,88,107)(H,90,108)(H3,87,89,110)/t58-,59-,63+,64?,66-,67-,68-,69-,73+,79-,80-,81+/m0/s1. The Bertz CT molecular complexity index is 3660. The molecule has 12 atom stereocenters. The van der Waals surface area contributed by atoms with Crippen molar-refractivity contribution in [3.63, 3.8) is 0 Å². The molecule has 4 aliphatic heterocycles. The van der Waals surface area contributed by atoms with E-state index in [4.69, 9.17) is 39.3 Å². The highest BCUT2D eigenvalue weighted by atomic mass is 16.6. The van der Waals surface area contributed by atoms with E-state index in [1.54, 1.807) is 66.8 Å². The molecule has 0 saturated carbocycles. The average Bonchev–Trinajstić information content (AvgIpc) is 1.79. The Morgan fingerprint density at radius 1 is 0.624 bits per heavy atom. The second-order valence-electron chi connectivity index (χ2n) is 32.0. The van der Waals surface area contributed by atoms with E-state index in [-0.39, 0.29) is 176 Å². The second kappa shape index (κ2) is 49.4. The van der Waals surface area contributed by atoms with Crippen molar-refractivity contribution in [2.45, 2.75) is 195 Å². The molecule has 648 valence electrons. The summed E-state index contributed by atoms with van der Waals surface area (Å²) in [5, 5.41) is 17.1. The van der Waals surface area contributed by atoms with Crippen molar-refractivity contribution < 1.29 is 101 Å². The minimum Gasteiger partial charge on any atom is -0.445 e. The number of likely N-dealkylation sites (N-methyl/N-ethyl adjacent to an activating group) is 1. The lowest BCUT2D eigenvalue weighted by Crippen LogP contribution is -2.56. The third-order valence-corrected chi connectivity index (χ3v) is 22.8. The molecule has 31 heteroatoms. The molecule has 0 bridgehead atoms. The van der Waals surface area contributed by atoms with Crippen LogP contribution in [-0.4, -0.2) is 279 Å². The number of carbonyl (C=O) groups is 14. The van der Waals surface area contributed by atoms with Crippen LogP contribution in [0.5, 0.6) is 0 Å². The summed E-state index contributed by atoms with van der Waals surface area (Å²) in [5.74, 6) is -8.87. The lowest BCUT2D eigenvalue weighted by atomic mass is 9.83. The number of nitrogens with zero attached hydrogens (tertiary/aromatic N) is 6. The molecular weight excluding hydrogens is 1510 g/mol. The highest BCUT2D eigenvalue weighted by Crippen LogP contribution is 2.33. The van der Waals surface area contributed by atoms with E-state index in [9.17, 15) is 62.3 Å². The van der Waals surface area contributed by atoms with Gasteiger partial charge in [-0.1, -0.05) is 123 Å². The number of methoxy groups -OCH3 is 2. The number of ketones is 4. The van der Waals surface area contributed by atoms with Crippen LogP contribution >= 0.6 is 0 Å². The fraction of sp³-hybridized carbons (Fsp3) is 0.651. The highest BCUT2D eigenvalue weighted by Gasteiger charge is 2.45. The summed E-state index contributed by atoms with van der Waals surface area (Å²) < 4.78 is 34.4. The van der Waals surface area contributed by atoms with Crippen LogP contribution in [0.1, 0.15) is 150 Å². The third kappa shape index (κ3) is 29.8. The van der Waals surface area contributed by atoms with Crippen molar-refractivity contribution in [3.05, 3.63) is 95.6 Å². The predicted octanol–water partition coefficient (Wildman–Crippen LogP) is 5.37. The molecule has 2 saturated heterocycles. The van der Waals surface area contributed by atoms with Gasteiger partial charge >= 0.3 is 12.1 Å². The largest absolute Gasteiger partial charge is 0.445 e. The summed E-state index contributed by atoms with van der Waals surface area (Å²) >= 11 is 0. The van der Waals surface area contributed by atoms with Gasteiger partial charge in [-0.3, -0.25) is 72.2 Å². The molecule has 0 radical (unpaired) electrons. The Labute approximate surface area is 688 Å². The fourth-order valence-corrected chi connectivity index (χ4v) is 15.9. The maximum absolute atomic E-state index is 15.1. The Morgan fingerprint density at radius 3 is 1.81 bits per heavy atom. The summed E-state index contributed by atoms with van der Waals surface area (Å²) in [7, 11) is 4.79. The monoisotopic (exact) mass is 1640 g/mol. The average molecular weight is 1640 g/mol. The number of amides is 11. The van der Waals surface area contributed by atoms with E-state index in [1.807, 2.05) is 71.9 Å². The van der Waals surface area contributed by atoms with Crippen molar-refractivity contribution in [3.8, 4) is 0 Å². The maximum Gasteiger partial charge on any atom is 0.410 e. The van der Waals surface area contributed by atoms with E-state index in [0.29, 0.717) is 82.9 Å². The van der Waals surface area contributed by atoms with Gasteiger partial charge in [0.05, 0.1) is 102 Å². The molecule has 6 N–H and O–H groups in total. The van der Waals surface area contributed by atoms with E-state index < -0.39 is 114 Å². The lowest BCUT2D eigenvalue weighted by Gasteiger charge is -2.42. The molecule has 4 heterocycles. The molecule has 2 fully saturated rings. The van der Waals surface area contributed by atoms with Gasteiger partial charge in [-0.05, 0) is 78.9 Å². The summed E-state index contributed by atoms with van der Waals surface area (Å²) in [6.45, 7) is 20.4. The number of nitrogens with one attached hydrogen (secondary N) is 3. The first kappa shape index (κ1) is 96.9. The van der Waals surface area contributed by atoms with Crippen molar-refractivity contribution in [2.24, 2.45) is 53.1 Å². The fourth-order valence-electron chi connectivity index (χ4n) is 15.9. The number of hydrogen-bond donors (Lipinski definition) is 5. The van der Waals surface area contributed by atoms with E-state index in [2.05, 4.69) is 20.9 Å². The molecule has 0 aromatic heterocycles. The van der Waals surface area contributed by atoms with Gasteiger partial charge < -0.3 is 69.9 Å². The highest BCUT2D eigenvalue weighted by molar-refractivity contribution is 6.14. The van der Waals surface area contributed by atoms with E-state index in [0.717, 1.165) is 39.7 Å². The van der Waals surface area contributed by atoms with Crippen molar-refractivity contribution >= 4 is 82.5 Å². The van der Waals surface area contributed by atoms with Crippen LogP contribution in [0.15, 0.2) is 78.9 Å². The number of Topliss-reactive ketones (excluding diaryl/α,β-unsaturated/α-hetero) is 4. The molecular formula is C86H128N10O21. The van der Waals surface area contributed by atoms with Gasteiger partial charge in [0.2, 0.25) is 23.6 Å². The zero-order valence-corrected chi connectivity index (χ0v) is 70.5. The van der Waals surface area contributed by atoms with Crippen LogP contribution in [-0.2, 0) is 105 Å². The number of aliphatic hydroxyl groups excluding tert-OH is 1. The normalized spacial score (nSPS) is 18.0. The number of ether oxygens (including phenoxy) is 6. The molecule has 117 heavy (non-hydrogen) atoms. The number of likely N-dealkylation sites (tertiary alicyclic amines) is 1. The lowest BCUT2D eigenvalue weighted by molar-refractivity contribution is -0.149. The number of urea groups is 1. The molecule has 2 aromatic carbocycles. The Balaban J connectivity index is 1.01. The SMILES string of the molecule is CC[C@H](C)[C@@H]([C@@H](CC(=O)N1CCC[C@H]1[C@H](OC)[C@@H](C)C(=O)C[C@@H](Cc1ccccc1)C(=O)NCCOCCOCCOCCO)OC)N(C)C(=O)[C@@H](CC(=O)[C@H](C(C)C)N1CCN(C(=O)OCc2ccc(CC(=O)[C@H](CCCNC(N)=O)NC(=O)[C@@H](CC(=O)CCC(CN3C(=O)C=CC3=O)N3C(=O)C=CC3=O)C(C)C)cc2)CC1)C(C)C. The number of rotatable bonds is 54. The molecule has 31 nitrogen and oxygen atoms in total. The zero-order chi connectivity index (χ0) is 86.0. The van der Waals surface area contributed by atoms with Gasteiger partial charge in [0.1, 0.15) is 18.2 Å². The Hall–Kier alpha value is -8.98. The van der Waals surface area contributed by atoms with E-state index in [1.165, 1.54) is 14.2 Å². The van der Waals surface area contributed by atoms with Crippen LogP contribution < -0.4 is 21.7 Å². The first-order chi connectivity index (χ1) is 55.8. The van der Waals surface area contributed by atoms with Gasteiger partial charge in [0.25, 0.3) is 23.6 Å². The number of imide groups is 2. The minimum absolute atomic E-state index is 0.0484. The molecule has 2 aromatic rings. The van der Waals surface area contributed by atoms with Gasteiger partial charge in [0.15, 0.2) is 11.6 Å². The molecule has 4 aliphatic rings. The Kier molecular flexibility index (Phi) is 40.9. The van der Waals surface area contributed by atoms with E-state index >= 15 is 4.79 Å². The van der Waals surface area contributed by atoms with Crippen LogP contribution in [0, 0.1) is 47.3 Å². The minimum atomic E-state index is -1.05. The van der Waals surface area contributed by atoms with Crippen LogP contribution in [0.3, 0.4) is 0 Å². The van der Waals surface area contributed by atoms with Crippen molar-refractivity contribution in [2.75, 3.05) is 120 Å². The van der Waals surface area contributed by atoms with Gasteiger partial charge in [-0.25, -0.2) is 9.59 Å². The number of hydrogen-bond acceptors (Lipinski definition) is 22. The summed E-state index contributed by atoms with van der Waals surface area (Å²) in [6.07, 6.45) is 4.00. The molecule has 1 unspecified atom stereocenters. The van der Waals surface area contributed by atoms with Gasteiger partial charge in [-0.2, -0.15) is 0 Å². The Morgan fingerprint density at radius 2 is 1.23 bits per heavy atom. The summed E-state index contributed by atoms with van der Waals surface area (Å²) in [6, 6.07) is 11.9. The van der Waals surface area contributed by atoms with Crippen LogP contribution in [0.25, 0.3) is 0 Å². The number of carbonyl (C=O) groups excluding carboxylic acids is 14. The summed E-state index contributed by atoms with van der Waals surface area (Å²) in [5.41, 5.74) is 7.41. The molecule has 6 rings (SSSR count). The smallest absolute Gasteiger partial charge is 0.410 e. The number of nitrogens with two attached hydrogens (primary N) is 1. The first-order valence-electron chi connectivity index (χ1n) is 41.4. The third-order valence-electron chi connectivity index (χ3n) is 22.8. The maximum atomic E-state index is 15.1. The second-order valence-corrected chi connectivity index (χ2v) is 32.0. The zero-order valence-electron chi connectivity index (χ0n) is 70.5. The number of piperazine rings is 1. The predicted molar refractivity (Wildman–Crippen MR) is 434 cm³/mol. The van der Waals surface area contributed by atoms with Gasteiger partial charge in [-0.15, -0.1) is 0 Å². The van der Waals surface area contributed by atoms with Crippen molar-refractivity contribution in [1.29, 1.82) is 0 Å². The number of aliphatic hydroxyl groups is 1. The number of primary amides is 1. The number of benzene rings is 2. The van der Waals surface area contributed by atoms with Crippen LogP contribution in [0.4, 0.5) is 9.59 Å². The topological polar surface area (TPSA) is 396 Å². The van der Waals surface area contributed by atoms with Crippen molar-refractivity contribution in [1.82, 2.24) is 45.3 Å². The van der Waals surface area contributed by atoms with Crippen LogP contribution in [0.2, 0.25) is 0 Å². The first-order valence-corrected chi connectivity index (χ1v) is 41.4.